The first-order valence-corrected chi connectivity index (χ1v) is 6.36. The van der Waals surface area contributed by atoms with E-state index in [2.05, 4.69) is 25.5 Å². The third-order valence-electron chi connectivity index (χ3n) is 3.06. The molecule has 0 saturated carbocycles. The van der Waals surface area contributed by atoms with E-state index in [0.717, 1.165) is 22.6 Å². The van der Waals surface area contributed by atoms with Gasteiger partial charge >= 0.3 is 0 Å². The van der Waals surface area contributed by atoms with E-state index in [1.807, 2.05) is 31.2 Å². The number of para-hydroxylation sites is 1. The quantitative estimate of drug-likeness (QED) is 0.761. The van der Waals surface area contributed by atoms with Crippen LogP contribution in [0, 0.1) is 13.8 Å². The van der Waals surface area contributed by atoms with Crippen molar-refractivity contribution < 1.29 is 4.42 Å². The fourth-order valence-electron chi connectivity index (χ4n) is 1.97. The number of hydrogen-bond acceptors (Lipinski definition) is 5. The summed E-state index contributed by atoms with van der Waals surface area (Å²) in [7, 11) is 0. The number of aryl methyl sites for hydroxylation is 2. The van der Waals surface area contributed by atoms with Crippen LogP contribution in [-0.4, -0.2) is 20.2 Å². The molecule has 0 aliphatic carbocycles. The number of aromatic nitrogens is 4. The Hall–Kier alpha value is -2.63. The van der Waals surface area contributed by atoms with Gasteiger partial charge in [0.25, 0.3) is 0 Å². The van der Waals surface area contributed by atoms with E-state index in [9.17, 15) is 0 Å². The van der Waals surface area contributed by atoms with E-state index in [4.69, 9.17) is 4.42 Å². The molecule has 0 bridgehead atoms. The van der Waals surface area contributed by atoms with Crippen molar-refractivity contribution in [1.82, 2.24) is 20.2 Å². The number of H-pyrrole nitrogens is 1. The van der Waals surface area contributed by atoms with Gasteiger partial charge in [0, 0.05) is 18.3 Å². The van der Waals surface area contributed by atoms with Crippen LogP contribution in [0.5, 0.6) is 0 Å². The summed E-state index contributed by atoms with van der Waals surface area (Å²) in [5, 5.41) is 11.3. The van der Waals surface area contributed by atoms with Gasteiger partial charge < -0.3 is 14.7 Å². The van der Waals surface area contributed by atoms with Gasteiger partial charge in [0.2, 0.25) is 11.8 Å². The van der Waals surface area contributed by atoms with Gasteiger partial charge in [-0.1, -0.05) is 12.1 Å². The first-order valence-electron chi connectivity index (χ1n) is 6.36. The highest BCUT2D eigenvalue weighted by Gasteiger charge is 2.11. The highest BCUT2D eigenvalue weighted by molar-refractivity contribution is 5.72. The highest BCUT2D eigenvalue weighted by atomic mass is 16.4. The van der Waals surface area contributed by atoms with E-state index < -0.39 is 0 Å². The molecular weight excluding hydrogens is 254 g/mol. The van der Waals surface area contributed by atoms with Crippen LogP contribution in [0.25, 0.3) is 11.5 Å². The van der Waals surface area contributed by atoms with Gasteiger partial charge in [-0.15, -0.1) is 10.2 Å². The molecular formula is C14H15N5O. The summed E-state index contributed by atoms with van der Waals surface area (Å²) in [6.07, 6.45) is 1.69. The molecule has 0 aliphatic rings. The summed E-state index contributed by atoms with van der Waals surface area (Å²) in [5.41, 5.74) is 3.88. The number of nitrogens with one attached hydrogen (secondary N) is 2. The Morgan fingerprint density at radius 3 is 2.75 bits per heavy atom. The van der Waals surface area contributed by atoms with Crippen LogP contribution < -0.4 is 5.32 Å². The number of aromatic amines is 1. The molecule has 2 aromatic heterocycles. The van der Waals surface area contributed by atoms with Gasteiger partial charge in [-0.2, -0.15) is 0 Å². The monoisotopic (exact) mass is 269 g/mol. The summed E-state index contributed by atoms with van der Waals surface area (Å²) >= 11 is 0. The number of nitrogens with zero attached hydrogens (tertiary/aromatic N) is 3. The maximum atomic E-state index is 5.49. The Bertz CT molecular complexity index is 716. The topological polar surface area (TPSA) is 79.6 Å². The first-order chi connectivity index (χ1) is 9.74. The summed E-state index contributed by atoms with van der Waals surface area (Å²) in [4.78, 5) is 7.33. The van der Waals surface area contributed by atoms with Crippen molar-refractivity contribution in [2.24, 2.45) is 0 Å². The van der Waals surface area contributed by atoms with Gasteiger partial charge in [0.05, 0.1) is 24.1 Å². The molecule has 0 fully saturated rings. The van der Waals surface area contributed by atoms with Crippen molar-refractivity contribution in [3.63, 3.8) is 0 Å². The predicted molar refractivity (Wildman–Crippen MR) is 75.1 cm³/mol. The van der Waals surface area contributed by atoms with Crippen molar-refractivity contribution in [1.29, 1.82) is 0 Å². The molecule has 0 spiro atoms. The van der Waals surface area contributed by atoms with E-state index in [1.165, 1.54) is 0 Å². The van der Waals surface area contributed by atoms with Gasteiger partial charge in [-0.05, 0) is 19.1 Å². The molecule has 0 aliphatic heterocycles. The van der Waals surface area contributed by atoms with Crippen LogP contribution in [-0.2, 0) is 6.54 Å². The molecule has 2 N–H and O–H groups in total. The van der Waals surface area contributed by atoms with E-state index in [-0.39, 0.29) is 0 Å². The standard InChI is InChI=1S/C14H15N5O/c1-9-13(17-8-16-9)7-15-12-6-4-3-5-11(12)14-19-18-10(2)20-14/h3-6,8,15H,7H2,1-2H3,(H,16,17). The molecule has 0 atom stereocenters. The maximum Gasteiger partial charge on any atom is 0.249 e. The fraction of sp³-hybridized carbons (Fsp3) is 0.214. The number of rotatable bonds is 4. The zero-order valence-corrected chi connectivity index (χ0v) is 11.3. The van der Waals surface area contributed by atoms with Crippen molar-refractivity contribution >= 4 is 5.69 Å². The van der Waals surface area contributed by atoms with Gasteiger partial charge in [0.1, 0.15) is 0 Å². The van der Waals surface area contributed by atoms with Crippen LogP contribution >= 0.6 is 0 Å². The molecule has 3 aromatic rings. The second-order valence-corrected chi connectivity index (χ2v) is 4.50. The SMILES string of the molecule is Cc1nnc(-c2ccccc2NCc2nc[nH]c2C)o1. The van der Waals surface area contributed by atoms with Crippen molar-refractivity contribution in [3.8, 4) is 11.5 Å². The lowest BCUT2D eigenvalue weighted by molar-refractivity contribution is 0.533. The highest BCUT2D eigenvalue weighted by Crippen LogP contribution is 2.26. The summed E-state index contributed by atoms with van der Waals surface area (Å²) in [5.74, 6) is 1.07. The Morgan fingerprint density at radius 2 is 2.05 bits per heavy atom. The first kappa shape index (κ1) is 12.4. The Kier molecular flexibility index (Phi) is 3.20. The van der Waals surface area contributed by atoms with Crippen LogP contribution in [0.1, 0.15) is 17.3 Å². The maximum absolute atomic E-state index is 5.49. The van der Waals surface area contributed by atoms with Crippen molar-refractivity contribution in [2.75, 3.05) is 5.32 Å². The van der Waals surface area contributed by atoms with E-state index >= 15 is 0 Å². The lowest BCUT2D eigenvalue weighted by Crippen LogP contribution is -2.02. The minimum Gasteiger partial charge on any atom is -0.421 e. The van der Waals surface area contributed by atoms with Crippen LogP contribution in [0.4, 0.5) is 5.69 Å². The number of benzene rings is 1. The van der Waals surface area contributed by atoms with Gasteiger partial charge in [-0.3, -0.25) is 0 Å². The Balaban J connectivity index is 1.85. The second-order valence-electron chi connectivity index (χ2n) is 4.50. The average molecular weight is 269 g/mol. The Labute approximate surface area is 116 Å². The van der Waals surface area contributed by atoms with Crippen molar-refractivity contribution in [3.05, 3.63) is 47.9 Å². The molecule has 1 aromatic carbocycles. The van der Waals surface area contributed by atoms with Crippen molar-refractivity contribution in [2.45, 2.75) is 20.4 Å². The Morgan fingerprint density at radius 1 is 1.20 bits per heavy atom. The number of hydrogen-bond donors (Lipinski definition) is 2. The van der Waals surface area contributed by atoms with E-state index in [0.29, 0.717) is 18.3 Å². The molecule has 6 heteroatoms. The molecule has 0 amide bonds. The summed E-state index contributed by atoms with van der Waals surface area (Å²) in [6.45, 7) is 4.41. The van der Waals surface area contributed by atoms with Crippen LogP contribution in [0.2, 0.25) is 0 Å². The molecule has 0 saturated heterocycles. The minimum atomic E-state index is 0.518. The fourth-order valence-corrected chi connectivity index (χ4v) is 1.97. The number of imidazole rings is 1. The zero-order valence-electron chi connectivity index (χ0n) is 11.3. The third kappa shape index (κ3) is 2.40. The smallest absolute Gasteiger partial charge is 0.249 e. The zero-order chi connectivity index (χ0) is 13.9. The third-order valence-corrected chi connectivity index (χ3v) is 3.06. The van der Waals surface area contributed by atoms with Gasteiger partial charge in [-0.25, -0.2) is 4.98 Å². The second kappa shape index (κ2) is 5.16. The van der Waals surface area contributed by atoms with Crippen LogP contribution in [0.3, 0.4) is 0 Å². The largest absolute Gasteiger partial charge is 0.421 e. The summed E-state index contributed by atoms with van der Waals surface area (Å²) < 4.78 is 5.49. The molecule has 2 heterocycles. The summed E-state index contributed by atoms with van der Waals surface area (Å²) in [6, 6.07) is 7.84. The molecule has 20 heavy (non-hydrogen) atoms. The molecule has 3 rings (SSSR count). The lowest BCUT2D eigenvalue weighted by atomic mass is 10.1. The molecule has 6 nitrogen and oxygen atoms in total. The molecule has 102 valence electrons. The lowest BCUT2D eigenvalue weighted by Gasteiger charge is -2.08. The van der Waals surface area contributed by atoms with Gasteiger partial charge in [0.15, 0.2) is 0 Å². The molecule has 0 unspecified atom stereocenters. The van der Waals surface area contributed by atoms with Crippen LogP contribution in [0.15, 0.2) is 35.0 Å². The minimum absolute atomic E-state index is 0.518. The number of anilines is 1. The molecule has 0 radical (unpaired) electrons. The normalized spacial score (nSPS) is 10.7. The van der Waals surface area contributed by atoms with E-state index in [1.54, 1.807) is 13.3 Å². The average Bonchev–Trinajstić information content (AvgIpc) is 3.06. The predicted octanol–water partition coefficient (Wildman–Crippen LogP) is 2.69.